The van der Waals surface area contributed by atoms with E-state index in [0.29, 0.717) is 18.4 Å². The van der Waals surface area contributed by atoms with Gasteiger partial charge in [-0.25, -0.2) is 0 Å². The van der Waals surface area contributed by atoms with E-state index < -0.39 is 5.41 Å². The molecule has 5 heteroatoms. The summed E-state index contributed by atoms with van der Waals surface area (Å²) in [6.45, 7) is 7.08. The van der Waals surface area contributed by atoms with Gasteiger partial charge in [0.2, 0.25) is 0 Å². The maximum atomic E-state index is 12.5. The van der Waals surface area contributed by atoms with Crippen LogP contribution < -0.4 is 0 Å². The van der Waals surface area contributed by atoms with Crippen molar-refractivity contribution in [3.05, 3.63) is 0 Å². The molecule has 1 saturated heterocycles. The first-order valence-corrected chi connectivity index (χ1v) is 9.14. The van der Waals surface area contributed by atoms with Gasteiger partial charge >= 0.3 is 11.9 Å². The third kappa shape index (κ3) is 2.65. The number of epoxide rings is 1. The molecule has 1 spiro atoms. The van der Waals surface area contributed by atoms with E-state index in [4.69, 9.17) is 14.2 Å². The van der Waals surface area contributed by atoms with Gasteiger partial charge in [0, 0.05) is 6.92 Å². The van der Waals surface area contributed by atoms with Crippen molar-refractivity contribution < 1.29 is 23.8 Å². The zero-order valence-electron chi connectivity index (χ0n) is 15.4. The SMILES string of the molecule is COC(=O)[C@@]1(C)CCC[C@@]2(C)[C@H]1CC[C@]1(CO1)[C@@H]2CCOC(C)=O. The van der Waals surface area contributed by atoms with Crippen LogP contribution in [0.25, 0.3) is 0 Å². The molecule has 0 radical (unpaired) electrons. The van der Waals surface area contributed by atoms with Gasteiger partial charge in [-0.2, -0.15) is 0 Å². The Morgan fingerprint density at radius 1 is 1.21 bits per heavy atom. The second kappa shape index (κ2) is 6.01. The highest BCUT2D eigenvalue weighted by Gasteiger charge is 2.66. The second-order valence-corrected chi connectivity index (χ2v) is 8.39. The van der Waals surface area contributed by atoms with E-state index >= 15 is 0 Å². The van der Waals surface area contributed by atoms with Gasteiger partial charge in [-0.3, -0.25) is 9.59 Å². The fourth-order valence-corrected chi connectivity index (χ4v) is 5.97. The number of carbonyl (C=O) groups excluding carboxylic acids is 2. The highest BCUT2D eigenvalue weighted by Crippen LogP contribution is 2.66. The number of rotatable bonds is 4. The number of fused-ring (bicyclic) bond motifs is 1. The number of carbonyl (C=O) groups is 2. The minimum atomic E-state index is -0.419. The number of methoxy groups -OCH3 is 1. The third-order valence-corrected chi connectivity index (χ3v) is 7.14. The van der Waals surface area contributed by atoms with Crippen molar-refractivity contribution in [1.82, 2.24) is 0 Å². The average Bonchev–Trinajstić information content (AvgIpc) is 3.29. The molecule has 3 rings (SSSR count). The highest BCUT2D eigenvalue weighted by atomic mass is 16.6. The zero-order chi connectivity index (χ0) is 17.6. The monoisotopic (exact) mass is 338 g/mol. The minimum absolute atomic E-state index is 0.0239. The van der Waals surface area contributed by atoms with Gasteiger partial charge in [0.15, 0.2) is 0 Å². The molecule has 3 aliphatic rings. The summed E-state index contributed by atoms with van der Waals surface area (Å²) < 4.78 is 16.3. The summed E-state index contributed by atoms with van der Waals surface area (Å²) >= 11 is 0. The van der Waals surface area contributed by atoms with Crippen molar-refractivity contribution in [2.75, 3.05) is 20.3 Å². The minimum Gasteiger partial charge on any atom is -0.469 e. The fourth-order valence-electron chi connectivity index (χ4n) is 5.97. The molecule has 3 fully saturated rings. The Morgan fingerprint density at radius 2 is 1.92 bits per heavy atom. The van der Waals surface area contributed by atoms with Gasteiger partial charge in [-0.1, -0.05) is 13.3 Å². The van der Waals surface area contributed by atoms with Crippen LogP contribution in [0.15, 0.2) is 0 Å². The van der Waals surface area contributed by atoms with Crippen molar-refractivity contribution in [2.24, 2.45) is 22.7 Å². The summed E-state index contributed by atoms with van der Waals surface area (Å²) in [5.41, 5.74) is -0.451. The zero-order valence-corrected chi connectivity index (χ0v) is 15.4. The number of hydrogen-bond acceptors (Lipinski definition) is 5. The Balaban J connectivity index is 1.87. The lowest BCUT2D eigenvalue weighted by Crippen LogP contribution is -2.57. The molecule has 1 heterocycles. The molecule has 2 aliphatic carbocycles. The molecule has 0 aromatic heterocycles. The van der Waals surface area contributed by atoms with Crippen LogP contribution in [0.4, 0.5) is 0 Å². The predicted molar refractivity (Wildman–Crippen MR) is 88.2 cm³/mol. The molecule has 5 atom stereocenters. The molecule has 24 heavy (non-hydrogen) atoms. The fraction of sp³-hybridized carbons (Fsp3) is 0.895. The van der Waals surface area contributed by atoms with Gasteiger partial charge in [0.25, 0.3) is 0 Å². The van der Waals surface area contributed by atoms with Crippen molar-refractivity contribution in [3.63, 3.8) is 0 Å². The number of hydrogen-bond donors (Lipinski definition) is 0. The van der Waals surface area contributed by atoms with E-state index in [0.717, 1.165) is 45.1 Å². The molecule has 0 amide bonds. The molecule has 1 aliphatic heterocycles. The van der Waals surface area contributed by atoms with E-state index in [9.17, 15) is 9.59 Å². The maximum absolute atomic E-state index is 12.5. The summed E-state index contributed by atoms with van der Waals surface area (Å²) in [5, 5.41) is 0. The van der Waals surface area contributed by atoms with Crippen molar-refractivity contribution in [3.8, 4) is 0 Å². The van der Waals surface area contributed by atoms with Crippen molar-refractivity contribution in [1.29, 1.82) is 0 Å². The van der Waals surface area contributed by atoms with Crippen LogP contribution in [-0.4, -0.2) is 37.9 Å². The van der Waals surface area contributed by atoms with Crippen LogP contribution in [0.5, 0.6) is 0 Å². The van der Waals surface area contributed by atoms with Crippen LogP contribution in [0.1, 0.15) is 59.3 Å². The van der Waals surface area contributed by atoms with E-state index in [2.05, 4.69) is 13.8 Å². The Morgan fingerprint density at radius 3 is 2.50 bits per heavy atom. The van der Waals surface area contributed by atoms with Crippen LogP contribution in [0.3, 0.4) is 0 Å². The van der Waals surface area contributed by atoms with E-state index in [1.165, 1.54) is 14.0 Å². The first-order valence-electron chi connectivity index (χ1n) is 9.14. The summed E-state index contributed by atoms with van der Waals surface area (Å²) in [7, 11) is 1.49. The molecule has 2 saturated carbocycles. The lowest BCUT2D eigenvalue weighted by atomic mass is 9.45. The molecule has 0 N–H and O–H groups in total. The summed E-state index contributed by atoms with van der Waals surface area (Å²) in [5.74, 6) is 0.307. The van der Waals surface area contributed by atoms with Crippen molar-refractivity contribution in [2.45, 2.75) is 64.9 Å². The third-order valence-electron chi connectivity index (χ3n) is 7.14. The van der Waals surface area contributed by atoms with Gasteiger partial charge in [-0.15, -0.1) is 0 Å². The van der Waals surface area contributed by atoms with E-state index in [1.807, 2.05) is 0 Å². The lowest BCUT2D eigenvalue weighted by Gasteiger charge is -2.58. The number of ether oxygens (including phenoxy) is 3. The van der Waals surface area contributed by atoms with Crippen LogP contribution in [0.2, 0.25) is 0 Å². The molecule has 5 nitrogen and oxygen atoms in total. The predicted octanol–water partition coefficient (Wildman–Crippen LogP) is 3.10. The Bertz CT molecular complexity index is 526. The first kappa shape index (κ1) is 17.7. The van der Waals surface area contributed by atoms with Gasteiger partial charge < -0.3 is 14.2 Å². The smallest absolute Gasteiger partial charge is 0.311 e. The van der Waals surface area contributed by atoms with E-state index in [-0.39, 0.29) is 23.0 Å². The topological polar surface area (TPSA) is 65.1 Å². The van der Waals surface area contributed by atoms with Crippen LogP contribution >= 0.6 is 0 Å². The average molecular weight is 338 g/mol. The number of esters is 2. The molecule has 0 aromatic rings. The Labute approximate surface area is 144 Å². The van der Waals surface area contributed by atoms with Gasteiger partial charge in [0.1, 0.15) is 0 Å². The standard InChI is InChI=1S/C19H30O5/c1-13(20)23-11-7-15-17(2)8-5-9-18(3,16(21)22-4)14(17)6-10-19(15)12-24-19/h14-15H,5-12H2,1-4H3/t14-,15-,17+,18+,19+/m1/s1. The van der Waals surface area contributed by atoms with Gasteiger partial charge in [-0.05, 0) is 56.3 Å². The Kier molecular flexibility index (Phi) is 4.44. The molecular formula is C19H30O5. The molecular weight excluding hydrogens is 308 g/mol. The largest absolute Gasteiger partial charge is 0.469 e. The summed E-state index contributed by atoms with van der Waals surface area (Å²) in [4.78, 5) is 23.7. The Hall–Kier alpha value is -1.10. The highest BCUT2D eigenvalue weighted by molar-refractivity contribution is 5.77. The molecule has 136 valence electrons. The molecule has 0 aromatic carbocycles. The summed E-state index contributed by atoms with van der Waals surface area (Å²) in [6.07, 6.45) is 5.82. The van der Waals surface area contributed by atoms with Crippen LogP contribution in [0, 0.1) is 22.7 Å². The maximum Gasteiger partial charge on any atom is 0.311 e. The summed E-state index contributed by atoms with van der Waals surface area (Å²) in [6, 6.07) is 0. The quantitative estimate of drug-likeness (QED) is 0.582. The van der Waals surface area contributed by atoms with Crippen molar-refractivity contribution >= 4 is 11.9 Å². The van der Waals surface area contributed by atoms with Crippen LogP contribution in [-0.2, 0) is 23.8 Å². The normalized spacial score (nSPS) is 43.8. The first-order chi connectivity index (χ1) is 11.3. The molecule has 0 bridgehead atoms. The van der Waals surface area contributed by atoms with Gasteiger partial charge in [0.05, 0.1) is 31.3 Å². The van der Waals surface area contributed by atoms with E-state index in [1.54, 1.807) is 0 Å². The molecule has 0 unspecified atom stereocenters. The lowest BCUT2D eigenvalue weighted by molar-refractivity contribution is -0.175. The second-order valence-electron chi connectivity index (χ2n) is 8.39.